The van der Waals surface area contributed by atoms with Gasteiger partial charge in [-0.3, -0.25) is 4.79 Å². The van der Waals surface area contributed by atoms with Crippen LogP contribution in [-0.4, -0.2) is 21.1 Å². The average molecular weight is 205 g/mol. The van der Waals surface area contributed by atoms with Crippen LogP contribution in [0.5, 0.6) is 0 Å². The number of hydrogen-bond donors (Lipinski definition) is 2. The van der Waals surface area contributed by atoms with Crippen molar-refractivity contribution in [2.45, 2.75) is 0 Å². The molecule has 0 radical (unpaired) electrons. The molecule has 76 valence electrons. The highest BCUT2D eigenvalue weighted by atomic mass is 16.2. The lowest BCUT2D eigenvalue weighted by Crippen LogP contribution is -2.24. The van der Waals surface area contributed by atoms with E-state index < -0.39 is 11.4 Å². The Morgan fingerprint density at radius 1 is 1.00 bits per heavy atom. The van der Waals surface area contributed by atoms with Gasteiger partial charge in [-0.25, -0.2) is 24.4 Å². The van der Waals surface area contributed by atoms with Crippen LogP contribution < -0.4 is 11.4 Å². The molecule has 6 heteroatoms. The van der Waals surface area contributed by atoms with E-state index in [4.69, 9.17) is 0 Å². The molecule has 0 aliphatic rings. The van der Waals surface area contributed by atoms with Gasteiger partial charge in [-0.2, -0.15) is 0 Å². The smallest absolute Gasteiger partial charge is 0.298 e. The zero-order chi connectivity index (χ0) is 10.8. The van der Waals surface area contributed by atoms with Crippen LogP contribution in [0, 0.1) is 0 Å². The fraction of sp³-hybridized carbons (Fsp3) is 0. The molecular weight excluding hydrogens is 198 g/mol. The summed E-state index contributed by atoms with van der Waals surface area (Å²) in [6.07, 6.45) is 0.688. The van der Waals surface area contributed by atoms with Gasteiger partial charge in [0.05, 0.1) is 5.69 Å². The van der Waals surface area contributed by atoms with Gasteiger partial charge in [-0.15, -0.1) is 0 Å². The highest BCUT2D eigenvalue weighted by Crippen LogP contribution is 2.03. The minimum Gasteiger partial charge on any atom is -0.298 e. The Kier molecular flexibility index (Phi) is 2.09. The molecule has 0 atom stereocenters. The van der Waals surface area contributed by atoms with Gasteiger partial charge >= 0.3 is 11.4 Å². The summed E-state index contributed by atoms with van der Waals surface area (Å²) in [6, 6.07) is 6.10. The number of rotatable bonds is 2. The van der Waals surface area contributed by atoms with Gasteiger partial charge in [0.25, 0.3) is 0 Å². The molecule has 2 aromatic rings. The Morgan fingerprint density at radius 3 is 2.00 bits per heavy atom. The number of carbonyl (C=O) groups is 1. The highest BCUT2D eigenvalue weighted by Gasteiger charge is 2.04. The monoisotopic (exact) mass is 205 g/mol. The van der Waals surface area contributed by atoms with E-state index in [1.54, 1.807) is 0 Å². The van der Waals surface area contributed by atoms with Crippen LogP contribution in [0.3, 0.4) is 0 Å². The van der Waals surface area contributed by atoms with Crippen molar-refractivity contribution in [1.82, 2.24) is 14.8 Å². The van der Waals surface area contributed by atoms with E-state index in [2.05, 4.69) is 10.2 Å². The van der Waals surface area contributed by atoms with Crippen LogP contribution in [0.1, 0.15) is 10.4 Å². The largest absolute Gasteiger partial charge is 0.348 e. The first-order valence-corrected chi connectivity index (χ1v) is 4.17. The number of benzene rings is 1. The van der Waals surface area contributed by atoms with E-state index in [-0.39, 0.29) is 0 Å². The molecule has 0 bridgehead atoms. The van der Waals surface area contributed by atoms with Gasteiger partial charge in [-0.05, 0) is 24.3 Å². The maximum Gasteiger partial charge on any atom is 0.348 e. The third kappa shape index (κ3) is 1.52. The molecule has 0 aliphatic carbocycles. The van der Waals surface area contributed by atoms with Crippen molar-refractivity contribution in [3.8, 4) is 5.69 Å². The SMILES string of the molecule is O=Cc1ccc(-n2c(=O)[nH][nH]c2=O)cc1. The summed E-state index contributed by atoms with van der Waals surface area (Å²) >= 11 is 0. The van der Waals surface area contributed by atoms with Crippen LogP contribution >= 0.6 is 0 Å². The minimum absolute atomic E-state index is 0.410. The Bertz CT molecular complexity index is 561. The summed E-state index contributed by atoms with van der Waals surface area (Å²) in [5, 5.41) is 4.33. The van der Waals surface area contributed by atoms with Gasteiger partial charge in [0, 0.05) is 5.56 Å². The van der Waals surface area contributed by atoms with Crippen molar-refractivity contribution in [3.63, 3.8) is 0 Å². The van der Waals surface area contributed by atoms with Crippen molar-refractivity contribution < 1.29 is 4.79 Å². The van der Waals surface area contributed by atoms with E-state index in [1.165, 1.54) is 24.3 Å². The van der Waals surface area contributed by atoms with Gasteiger partial charge in [0.15, 0.2) is 0 Å². The first kappa shape index (κ1) is 9.20. The summed E-state index contributed by atoms with van der Waals surface area (Å²) in [7, 11) is 0. The van der Waals surface area contributed by atoms with E-state index in [1.807, 2.05) is 0 Å². The van der Waals surface area contributed by atoms with Crippen LogP contribution in [0.4, 0.5) is 0 Å². The van der Waals surface area contributed by atoms with Crippen LogP contribution in [0.25, 0.3) is 5.69 Å². The molecule has 2 N–H and O–H groups in total. The number of H-pyrrole nitrogens is 2. The van der Waals surface area contributed by atoms with Crippen molar-refractivity contribution in [2.24, 2.45) is 0 Å². The molecule has 1 heterocycles. The summed E-state index contributed by atoms with van der Waals surface area (Å²) in [5.74, 6) is 0. The molecule has 1 aromatic heterocycles. The average Bonchev–Trinajstić information content (AvgIpc) is 2.59. The summed E-state index contributed by atoms with van der Waals surface area (Å²) in [5.41, 5.74) is -0.190. The summed E-state index contributed by atoms with van der Waals surface area (Å²) in [4.78, 5) is 32.8. The van der Waals surface area contributed by atoms with Crippen LogP contribution in [-0.2, 0) is 0 Å². The molecule has 0 saturated heterocycles. The number of aromatic nitrogens is 3. The number of aldehydes is 1. The second-order valence-corrected chi connectivity index (χ2v) is 2.91. The fourth-order valence-corrected chi connectivity index (χ4v) is 1.25. The van der Waals surface area contributed by atoms with Gasteiger partial charge in [-0.1, -0.05) is 0 Å². The molecule has 6 nitrogen and oxygen atoms in total. The first-order chi connectivity index (χ1) is 7.22. The number of nitrogens with zero attached hydrogens (tertiary/aromatic N) is 1. The minimum atomic E-state index is -0.543. The van der Waals surface area contributed by atoms with Crippen molar-refractivity contribution in [3.05, 3.63) is 50.8 Å². The third-order valence-corrected chi connectivity index (χ3v) is 1.97. The number of nitrogens with one attached hydrogen (secondary N) is 2. The molecule has 0 aliphatic heterocycles. The predicted octanol–water partition coefficient (Wildman–Crippen LogP) is -0.334. The van der Waals surface area contributed by atoms with E-state index in [0.717, 1.165) is 4.57 Å². The van der Waals surface area contributed by atoms with E-state index >= 15 is 0 Å². The number of aromatic amines is 2. The lowest BCUT2D eigenvalue weighted by Gasteiger charge is -1.98. The zero-order valence-corrected chi connectivity index (χ0v) is 7.56. The lowest BCUT2D eigenvalue weighted by atomic mass is 10.2. The van der Waals surface area contributed by atoms with Crippen LogP contribution in [0.15, 0.2) is 33.9 Å². The van der Waals surface area contributed by atoms with Gasteiger partial charge in [0.1, 0.15) is 6.29 Å². The van der Waals surface area contributed by atoms with Crippen molar-refractivity contribution in [2.75, 3.05) is 0 Å². The maximum absolute atomic E-state index is 11.2. The maximum atomic E-state index is 11.2. The second-order valence-electron chi connectivity index (χ2n) is 2.91. The van der Waals surface area contributed by atoms with Gasteiger partial charge < -0.3 is 0 Å². The van der Waals surface area contributed by atoms with Crippen molar-refractivity contribution in [1.29, 1.82) is 0 Å². The van der Waals surface area contributed by atoms with Crippen LogP contribution in [0.2, 0.25) is 0 Å². The van der Waals surface area contributed by atoms with Crippen molar-refractivity contribution >= 4 is 6.29 Å². The first-order valence-electron chi connectivity index (χ1n) is 4.17. The topological polar surface area (TPSA) is 87.7 Å². The molecule has 15 heavy (non-hydrogen) atoms. The highest BCUT2D eigenvalue weighted by molar-refractivity contribution is 5.75. The molecular formula is C9H7N3O3. The Morgan fingerprint density at radius 2 is 1.53 bits per heavy atom. The molecule has 0 saturated carbocycles. The molecule has 1 aromatic carbocycles. The molecule has 0 unspecified atom stereocenters. The summed E-state index contributed by atoms with van der Waals surface area (Å²) < 4.78 is 0.939. The normalized spacial score (nSPS) is 10.1. The van der Waals surface area contributed by atoms with E-state index in [0.29, 0.717) is 17.5 Å². The molecule has 2 rings (SSSR count). The quantitative estimate of drug-likeness (QED) is 0.658. The number of carbonyl (C=O) groups excluding carboxylic acids is 1. The zero-order valence-electron chi connectivity index (χ0n) is 7.56. The Balaban J connectivity index is 2.60. The lowest BCUT2D eigenvalue weighted by molar-refractivity contribution is 0.112. The number of hydrogen-bond acceptors (Lipinski definition) is 3. The predicted molar refractivity (Wildman–Crippen MR) is 52.4 cm³/mol. The molecule has 0 spiro atoms. The second kappa shape index (κ2) is 3.41. The Labute approximate surface area is 83.2 Å². The molecule has 0 fully saturated rings. The fourth-order valence-electron chi connectivity index (χ4n) is 1.25. The molecule has 0 amide bonds. The van der Waals surface area contributed by atoms with E-state index in [9.17, 15) is 14.4 Å². The van der Waals surface area contributed by atoms with Gasteiger partial charge in [0.2, 0.25) is 0 Å². The standard InChI is InChI=1S/C9H7N3O3/c13-5-6-1-3-7(4-2-6)12-8(14)10-11-9(12)15/h1-5H,(H,10,14)(H,11,15). The Hall–Kier alpha value is -2.37. The summed E-state index contributed by atoms with van der Waals surface area (Å²) in [6.45, 7) is 0. The third-order valence-electron chi connectivity index (χ3n) is 1.97.